The number of hydrogen-bond acceptors (Lipinski definition) is 2. The normalized spacial score (nSPS) is 14.9. The number of carbonyl (C=O) groups excluding carboxylic acids is 1. The van der Waals surface area contributed by atoms with Crippen molar-refractivity contribution in [3.05, 3.63) is 12.7 Å². The van der Waals surface area contributed by atoms with Crippen molar-refractivity contribution in [3.8, 4) is 0 Å². The van der Waals surface area contributed by atoms with Crippen molar-refractivity contribution in [2.75, 3.05) is 6.61 Å². The van der Waals surface area contributed by atoms with Crippen molar-refractivity contribution in [2.24, 2.45) is 5.41 Å². The largest absolute Gasteiger partial charge is 0.465 e. The fourth-order valence-corrected chi connectivity index (χ4v) is 1.10. The van der Waals surface area contributed by atoms with Crippen LogP contribution in [-0.4, -0.2) is 12.6 Å². The van der Waals surface area contributed by atoms with E-state index in [2.05, 4.69) is 6.58 Å². The lowest BCUT2D eigenvalue weighted by Gasteiger charge is -2.22. The lowest BCUT2D eigenvalue weighted by molar-refractivity contribution is -0.151. The van der Waals surface area contributed by atoms with E-state index in [4.69, 9.17) is 4.74 Å². The molecule has 1 unspecified atom stereocenters. The van der Waals surface area contributed by atoms with Crippen LogP contribution in [-0.2, 0) is 9.53 Å². The van der Waals surface area contributed by atoms with Gasteiger partial charge in [-0.3, -0.25) is 4.79 Å². The van der Waals surface area contributed by atoms with Crippen LogP contribution in [0.5, 0.6) is 0 Å². The van der Waals surface area contributed by atoms with Crippen LogP contribution >= 0.6 is 0 Å². The molecule has 70 valence electrons. The summed E-state index contributed by atoms with van der Waals surface area (Å²) in [6.45, 7) is 9.81. The summed E-state index contributed by atoms with van der Waals surface area (Å²) in [5.41, 5.74) is -0.495. The number of ether oxygens (including phenoxy) is 1. The summed E-state index contributed by atoms with van der Waals surface area (Å²) in [5.74, 6) is -0.165. The van der Waals surface area contributed by atoms with E-state index < -0.39 is 5.41 Å². The standard InChI is InChI=1S/C10H18O2/c1-5-8-10(4,6-2)9(11)12-7-3/h6H,2,5,7-8H2,1,3-4H3. The summed E-state index contributed by atoms with van der Waals surface area (Å²) < 4.78 is 4.94. The molecule has 2 heteroatoms. The van der Waals surface area contributed by atoms with E-state index in [1.165, 1.54) is 0 Å². The Morgan fingerprint density at radius 1 is 1.58 bits per heavy atom. The topological polar surface area (TPSA) is 26.3 Å². The van der Waals surface area contributed by atoms with Gasteiger partial charge in [0.15, 0.2) is 0 Å². The molecule has 0 spiro atoms. The molecular weight excluding hydrogens is 152 g/mol. The highest BCUT2D eigenvalue weighted by molar-refractivity contribution is 5.78. The Balaban J connectivity index is 4.28. The zero-order chi connectivity index (χ0) is 9.61. The van der Waals surface area contributed by atoms with Crippen molar-refractivity contribution >= 4 is 5.97 Å². The van der Waals surface area contributed by atoms with E-state index in [0.29, 0.717) is 6.61 Å². The minimum Gasteiger partial charge on any atom is -0.465 e. The molecule has 0 aromatic heterocycles. The Bertz CT molecular complexity index is 163. The van der Waals surface area contributed by atoms with Crippen LogP contribution in [0.3, 0.4) is 0 Å². The Morgan fingerprint density at radius 3 is 2.50 bits per heavy atom. The Kier molecular flexibility index (Phi) is 4.64. The second-order valence-electron chi connectivity index (χ2n) is 3.09. The molecule has 0 fully saturated rings. The molecular formula is C10H18O2. The maximum Gasteiger partial charge on any atom is 0.315 e. The minimum atomic E-state index is -0.495. The second kappa shape index (κ2) is 4.96. The Labute approximate surface area is 74.6 Å². The van der Waals surface area contributed by atoms with Crippen LogP contribution in [0.4, 0.5) is 0 Å². The average Bonchev–Trinajstić information content (AvgIpc) is 2.05. The summed E-state index contributed by atoms with van der Waals surface area (Å²) in [6.07, 6.45) is 3.44. The zero-order valence-corrected chi connectivity index (χ0v) is 8.22. The summed E-state index contributed by atoms with van der Waals surface area (Å²) in [5, 5.41) is 0. The molecule has 0 saturated heterocycles. The fourth-order valence-electron chi connectivity index (χ4n) is 1.10. The van der Waals surface area contributed by atoms with E-state index in [9.17, 15) is 4.79 Å². The molecule has 0 heterocycles. The highest BCUT2D eigenvalue weighted by atomic mass is 16.5. The quantitative estimate of drug-likeness (QED) is 0.468. The molecule has 0 aliphatic heterocycles. The van der Waals surface area contributed by atoms with Gasteiger partial charge in [0.1, 0.15) is 0 Å². The van der Waals surface area contributed by atoms with Gasteiger partial charge in [-0.2, -0.15) is 0 Å². The number of rotatable bonds is 5. The van der Waals surface area contributed by atoms with Crippen LogP contribution < -0.4 is 0 Å². The van der Waals surface area contributed by atoms with Crippen LogP contribution in [0, 0.1) is 5.41 Å². The predicted octanol–water partition coefficient (Wildman–Crippen LogP) is 2.54. The second-order valence-corrected chi connectivity index (χ2v) is 3.09. The van der Waals surface area contributed by atoms with Gasteiger partial charge in [-0.05, 0) is 20.3 Å². The maximum atomic E-state index is 11.4. The highest BCUT2D eigenvalue weighted by Gasteiger charge is 2.29. The van der Waals surface area contributed by atoms with Gasteiger partial charge in [-0.15, -0.1) is 6.58 Å². The fraction of sp³-hybridized carbons (Fsp3) is 0.700. The van der Waals surface area contributed by atoms with Crippen molar-refractivity contribution in [3.63, 3.8) is 0 Å². The molecule has 0 saturated carbocycles. The van der Waals surface area contributed by atoms with Gasteiger partial charge in [0.25, 0.3) is 0 Å². The minimum absolute atomic E-state index is 0.165. The van der Waals surface area contributed by atoms with E-state index in [0.717, 1.165) is 12.8 Å². The SMILES string of the molecule is C=CC(C)(CCC)C(=O)OCC. The van der Waals surface area contributed by atoms with Crippen molar-refractivity contribution in [1.82, 2.24) is 0 Å². The van der Waals surface area contributed by atoms with Crippen LogP contribution in [0.2, 0.25) is 0 Å². The third-order valence-electron chi connectivity index (χ3n) is 1.96. The van der Waals surface area contributed by atoms with Gasteiger partial charge in [-0.1, -0.05) is 19.4 Å². The molecule has 0 aliphatic carbocycles. The summed E-state index contributed by atoms with van der Waals surface area (Å²) in [7, 11) is 0. The first kappa shape index (κ1) is 11.2. The lowest BCUT2D eigenvalue weighted by atomic mass is 9.86. The maximum absolute atomic E-state index is 11.4. The summed E-state index contributed by atoms with van der Waals surface area (Å²) >= 11 is 0. The zero-order valence-electron chi connectivity index (χ0n) is 8.22. The first-order valence-corrected chi connectivity index (χ1v) is 4.41. The predicted molar refractivity (Wildman–Crippen MR) is 49.8 cm³/mol. The average molecular weight is 170 g/mol. The number of carbonyl (C=O) groups is 1. The molecule has 1 atom stereocenters. The number of hydrogen-bond donors (Lipinski definition) is 0. The monoisotopic (exact) mass is 170 g/mol. The van der Waals surface area contributed by atoms with Crippen LogP contribution in [0.1, 0.15) is 33.6 Å². The van der Waals surface area contributed by atoms with Gasteiger partial charge in [-0.25, -0.2) is 0 Å². The molecule has 0 aliphatic rings. The molecule has 0 radical (unpaired) electrons. The number of esters is 1. The summed E-state index contributed by atoms with van der Waals surface area (Å²) in [4.78, 5) is 11.4. The van der Waals surface area contributed by atoms with E-state index in [1.54, 1.807) is 6.08 Å². The molecule has 0 aromatic carbocycles. The van der Waals surface area contributed by atoms with Gasteiger partial charge in [0.05, 0.1) is 12.0 Å². The molecule has 0 N–H and O–H groups in total. The van der Waals surface area contributed by atoms with Crippen molar-refractivity contribution < 1.29 is 9.53 Å². The van der Waals surface area contributed by atoms with Crippen LogP contribution in [0.15, 0.2) is 12.7 Å². The molecule has 12 heavy (non-hydrogen) atoms. The molecule has 0 aromatic rings. The van der Waals surface area contributed by atoms with Gasteiger partial charge < -0.3 is 4.74 Å². The third kappa shape index (κ3) is 2.68. The van der Waals surface area contributed by atoms with Crippen molar-refractivity contribution in [2.45, 2.75) is 33.6 Å². The first-order chi connectivity index (χ1) is 5.60. The smallest absolute Gasteiger partial charge is 0.315 e. The van der Waals surface area contributed by atoms with E-state index in [-0.39, 0.29) is 5.97 Å². The van der Waals surface area contributed by atoms with Gasteiger partial charge in [0.2, 0.25) is 0 Å². The molecule has 0 bridgehead atoms. The van der Waals surface area contributed by atoms with Crippen molar-refractivity contribution in [1.29, 1.82) is 0 Å². The Morgan fingerprint density at radius 2 is 2.17 bits per heavy atom. The molecule has 2 nitrogen and oxygen atoms in total. The Hall–Kier alpha value is -0.790. The van der Waals surface area contributed by atoms with E-state index in [1.807, 2.05) is 20.8 Å². The molecule has 0 amide bonds. The first-order valence-electron chi connectivity index (χ1n) is 4.41. The molecule has 0 rings (SSSR count). The van der Waals surface area contributed by atoms with E-state index >= 15 is 0 Å². The van der Waals surface area contributed by atoms with Crippen LogP contribution in [0.25, 0.3) is 0 Å². The lowest BCUT2D eigenvalue weighted by Crippen LogP contribution is -2.27. The van der Waals surface area contributed by atoms with Gasteiger partial charge >= 0.3 is 5.97 Å². The third-order valence-corrected chi connectivity index (χ3v) is 1.96. The van der Waals surface area contributed by atoms with Gasteiger partial charge in [0, 0.05) is 0 Å². The highest BCUT2D eigenvalue weighted by Crippen LogP contribution is 2.25. The summed E-state index contributed by atoms with van der Waals surface area (Å²) in [6, 6.07) is 0.